The minimum Gasteiger partial charge on any atom is -0.476 e. The van der Waals surface area contributed by atoms with Crippen LogP contribution in [-0.4, -0.2) is 21.2 Å². The predicted molar refractivity (Wildman–Crippen MR) is 54.0 cm³/mol. The zero-order valence-electron chi connectivity index (χ0n) is 8.14. The van der Waals surface area contributed by atoms with Gasteiger partial charge in [0.1, 0.15) is 0 Å². The second-order valence-electron chi connectivity index (χ2n) is 3.03. The van der Waals surface area contributed by atoms with Gasteiger partial charge in [-0.2, -0.15) is 0 Å². The molecular formula is C9H8N2O3S. The molecule has 2 aromatic rings. The Morgan fingerprint density at radius 3 is 2.73 bits per heavy atom. The van der Waals surface area contributed by atoms with E-state index in [1.54, 1.807) is 0 Å². The van der Waals surface area contributed by atoms with Gasteiger partial charge in [0.05, 0.1) is 15.6 Å². The van der Waals surface area contributed by atoms with Crippen LogP contribution in [0.15, 0.2) is 10.6 Å². The van der Waals surface area contributed by atoms with Crippen LogP contribution < -0.4 is 0 Å². The minimum atomic E-state index is -1.09. The molecule has 0 spiro atoms. The maximum absolute atomic E-state index is 10.6. The van der Waals surface area contributed by atoms with Crippen molar-refractivity contribution >= 4 is 17.3 Å². The molecule has 0 aliphatic rings. The lowest BCUT2D eigenvalue weighted by atomic mass is 10.3. The van der Waals surface area contributed by atoms with Crippen LogP contribution in [0.25, 0.3) is 10.6 Å². The van der Waals surface area contributed by atoms with Crippen molar-refractivity contribution in [1.29, 1.82) is 0 Å². The van der Waals surface area contributed by atoms with E-state index in [1.807, 2.05) is 13.8 Å². The summed E-state index contributed by atoms with van der Waals surface area (Å²) in [5, 5.41) is 13.0. The Labute approximate surface area is 89.4 Å². The molecule has 0 aliphatic carbocycles. The number of aromatic carboxylic acids is 1. The van der Waals surface area contributed by atoms with E-state index in [9.17, 15) is 4.79 Å². The highest BCUT2D eigenvalue weighted by molar-refractivity contribution is 7.15. The summed E-state index contributed by atoms with van der Waals surface area (Å²) in [6, 6.07) is 1.41. The molecule has 2 aromatic heterocycles. The lowest BCUT2D eigenvalue weighted by Crippen LogP contribution is -1.94. The fourth-order valence-corrected chi connectivity index (χ4v) is 2.11. The topological polar surface area (TPSA) is 76.2 Å². The number of carboxylic acids is 1. The van der Waals surface area contributed by atoms with E-state index in [4.69, 9.17) is 9.63 Å². The molecule has 0 aliphatic heterocycles. The van der Waals surface area contributed by atoms with E-state index in [0.29, 0.717) is 5.76 Å². The number of thiazole rings is 1. The molecule has 0 amide bonds. The molecule has 1 N–H and O–H groups in total. The largest absolute Gasteiger partial charge is 0.476 e. The van der Waals surface area contributed by atoms with Crippen molar-refractivity contribution in [3.05, 3.63) is 22.5 Å². The van der Waals surface area contributed by atoms with Gasteiger partial charge in [0.25, 0.3) is 0 Å². The molecular weight excluding hydrogens is 216 g/mol. The molecule has 0 atom stereocenters. The van der Waals surface area contributed by atoms with Gasteiger partial charge in [0, 0.05) is 6.07 Å². The Morgan fingerprint density at radius 2 is 2.27 bits per heavy atom. The molecule has 0 saturated carbocycles. The second kappa shape index (κ2) is 3.47. The van der Waals surface area contributed by atoms with Crippen LogP contribution in [0, 0.1) is 13.8 Å². The molecule has 0 saturated heterocycles. The molecule has 0 fully saturated rings. The second-order valence-corrected chi connectivity index (χ2v) is 4.23. The standard InChI is InChI=1S/C9H8N2O3S/c1-4-8(15-5(2)10-4)7-3-6(9(12)13)11-14-7/h3H,1-2H3,(H,12,13). The fourth-order valence-electron chi connectivity index (χ4n) is 1.24. The van der Waals surface area contributed by atoms with Crippen molar-refractivity contribution < 1.29 is 14.4 Å². The van der Waals surface area contributed by atoms with E-state index in [-0.39, 0.29) is 5.69 Å². The average Bonchev–Trinajstić information content (AvgIpc) is 2.71. The zero-order chi connectivity index (χ0) is 11.0. The fraction of sp³-hybridized carbons (Fsp3) is 0.222. The Bertz CT molecular complexity index is 515. The van der Waals surface area contributed by atoms with Gasteiger partial charge >= 0.3 is 5.97 Å². The predicted octanol–water partition coefficient (Wildman–Crippen LogP) is 2.11. The number of rotatable bonds is 2. The summed E-state index contributed by atoms with van der Waals surface area (Å²) < 4.78 is 4.95. The first-order valence-corrected chi connectivity index (χ1v) is 5.04. The third-order valence-electron chi connectivity index (χ3n) is 1.86. The SMILES string of the molecule is Cc1nc(C)c(-c2cc(C(=O)O)no2)s1. The van der Waals surface area contributed by atoms with Crippen molar-refractivity contribution in [2.75, 3.05) is 0 Å². The molecule has 6 heteroatoms. The third-order valence-corrected chi connectivity index (χ3v) is 2.94. The zero-order valence-corrected chi connectivity index (χ0v) is 8.96. The van der Waals surface area contributed by atoms with Crippen LogP contribution in [0.1, 0.15) is 21.2 Å². The number of nitrogens with zero attached hydrogens (tertiary/aromatic N) is 2. The maximum atomic E-state index is 10.6. The van der Waals surface area contributed by atoms with Gasteiger partial charge in [-0.15, -0.1) is 11.3 Å². The highest BCUT2D eigenvalue weighted by Gasteiger charge is 2.16. The Balaban J connectivity index is 2.45. The Morgan fingerprint density at radius 1 is 1.53 bits per heavy atom. The van der Waals surface area contributed by atoms with Crippen LogP contribution in [0.4, 0.5) is 0 Å². The first-order valence-electron chi connectivity index (χ1n) is 4.22. The summed E-state index contributed by atoms with van der Waals surface area (Å²) in [6.45, 7) is 3.73. The van der Waals surface area contributed by atoms with E-state index in [2.05, 4.69) is 10.1 Å². The number of hydrogen-bond donors (Lipinski definition) is 1. The molecule has 5 nitrogen and oxygen atoms in total. The third kappa shape index (κ3) is 1.75. The van der Waals surface area contributed by atoms with E-state index in [1.165, 1.54) is 17.4 Å². The summed E-state index contributed by atoms with van der Waals surface area (Å²) in [7, 11) is 0. The molecule has 0 bridgehead atoms. The van der Waals surface area contributed by atoms with Gasteiger partial charge in [0.15, 0.2) is 11.5 Å². The van der Waals surface area contributed by atoms with Gasteiger partial charge in [-0.25, -0.2) is 9.78 Å². The summed E-state index contributed by atoms with van der Waals surface area (Å²) in [4.78, 5) is 15.7. The molecule has 78 valence electrons. The molecule has 0 unspecified atom stereocenters. The van der Waals surface area contributed by atoms with Gasteiger partial charge in [-0.3, -0.25) is 0 Å². The smallest absolute Gasteiger partial charge is 0.358 e. The lowest BCUT2D eigenvalue weighted by Gasteiger charge is -1.87. The normalized spacial score (nSPS) is 10.5. The first-order chi connectivity index (χ1) is 7.08. The lowest BCUT2D eigenvalue weighted by molar-refractivity contribution is 0.0686. The number of aromatic nitrogens is 2. The summed E-state index contributed by atoms with van der Waals surface area (Å²) in [5.41, 5.74) is 0.737. The summed E-state index contributed by atoms with van der Waals surface area (Å²) >= 11 is 1.45. The molecule has 0 radical (unpaired) electrons. The number of aryl methyl sites for hydroxylation is 2. The highest BCUT2D eigenvalue weighted by atomic mass is 32.1. The monoisotopic (exact) mass is 224 g/mol. The van der Waals surface area contributed by atoms with Crippen molar-refractivity contribution in [2.45, 2.75) is 13.8 Å². The number of carbonyl (C=O) groups is 1. The van der Waals surface area contributed by atoms with Crippen molar-refractivity contribution in [2.24, 2.45) is 0 Å². The number of hydrogen-bond acceptors (Lipinski definition) is 5. The molecule has 0 aromatic carbocycles. The van der Waals surface area contributed by atoms with E-state index >= 15 is 0 Å². The Hall–Kier alpha value is -1.69. The van der Waals surface area contributed by atoms with Crippen molar-refractivity contribution in [3.63, 3.8) is 0 Å². The van der Waals surface area contributed by atoms with Crippen LogP contribution in [0.5, 0.6) is 0 Å². The summed E-state index contributed by atoms with van der Waals surface area (Å²) in [5.74, 6) is -0.639. The van der Waals surface area contributed by atoms with Crippen LogP contribution in [-0.2, 0) is 0 Å². The van der Waals surface area contributed by atoms with E-state index < -0.39 is 5.97 Å². The van der Waals surface area contributed by atoms with Gasteiger partial charge in [-0.05, 0) is 13.8 Å². The maximum Gasteiger partial charge on any atom is 0.358 e. The molecule has 2 heterocycles. The highest BCUT2D eigenvalue weighted by Crippen LogP contribution is 2.29. The van der Waals surface area contributed by atoms with Gasteiger partial charge in [-0.1, -0.05) is 5.16 Å². The van der Waals surface area contributed by atoms with Crippen molar-refractivity contribution in [1.82, 2.24) is 10.1 Å². The van der Waals surface area contributed by atoms with Gasteiger partial charge < -0.3 is 9.63 Å². The van der Waals surface area contributed by atoms with E-state index in [0.717, 1.165) is 15.6 Å². The van der Waals surface area contributed by atoms with Crippen LogP contribution in [0.3, 0.4) is 0 Å². The number of carboxylic acid groups (broad SMARTS) is 1. The molecule has 2 rings (SSSR count). The van der Waals surface area contributed by atoms with Crippen molar-refractivity contribution in [3.8, 4) is 10.6 Å². The van der Waals surface area contributed by atoms with Gasteiger partial charge in [0.2, 0.25) is 0 Å². The minimum absolute atomic E-state index is 0.0875. The van der Waals surface area contributed by atoms with Crippen LogP contribution >= 0.6 is 11.3 Å². The average molecular weight is 224 g/mol. The molecule has 15 heavy (non-hydrogen) atoms. The van der Waals surface area contributed by atoms with Crippen LogP contribution in [0.2, 0.25) is 0 Å². The Kier molecular flexibility index (Phi) is 2.28. The summed E-state index contributed by atoms with van der Waals surface area (Å²) in [6.07, 6.45) is 0. The quantitative estimate of drug-likeness (QED) is 0.845. The first kappa shape index (κ1) is 9.85.